The van der Waals surface area contributed by atoms with Crippen LogP contribution in [0.2, 0.25) is 0 Å². The summed E-state index contributed by atoms with van der Waals surface area (Å²) >= 11 is 0. The number of hydrogen-bond acceptors (Lipinski definition) is 3. The number of ether oxygens (including phenoxy) is 1. The van der Waals surface area contributed by atoms with Gasteiger partial charge in [0.05, 0.1) is 5.75 Å². The second-order valence-electron chi connectivity index (χ2n) is 7.43. The van der Waals surface area contributed by atoms with Gasteiger partial charge in [0.2, 0.25) is 10.0 Å². The van der Waals surface area contributed by atoms with Crippen molar-refractivity contribution in [2.45, 2.75) is 39.0 Å². The Kier molecular flexibility index (Phi) is 7.23. The van der Waals surface area contributed by atoms with Crippen molar-refractivity contribution in [1.29, 1.82) is 0 Å². The molecule has 0 aliphatic carbocycles. The van der Waals surface area contributed by atoms with Gasteiger partial charge in [0.25, 0.3) is 0 Å². The molecule has 0 radical (unpaired) electrons. The molecule has 0 aromatic heterocycles. The number of benzene rings is 2. The van der Waals surface area contributed by atoms with Crippen LogP contribution in [0.15, 0.2) is 54.6 Å². The maximum absolute atomic E-state index is 12.0. The zero-order valence-electron chi connectivity index (χ0n) is 15.9. The minimum Gasteiger partial charge on any atom is -0.492 e. The van der Waals surface area contributed by atoms with Crippen molar-refractivity contribution in [3.63, 3.8) is 0 Å². The van der Waals surface area contributed by atoms with E-state index in [4.69, 9.17) is 4.74 Å². The molecule has 0 saturated heterocycles. The number of hydrogen-bond donors (Lipinski definition) is 1. The normalized spacial score (nSPS) is 12.1. The van der Waals surface area contributed by atoms with E-state index in [1.54, 1.807) is 0 Å². The fourth-order valence-corrected chi connectivity index (χ4v) is 3.66. The summed E-state index contributed by atoms with van der Waals surface area (Å²) in [6.45, 7) is 7.07. The molecule has 2 aromatic carbocycles. The topological polar surface area (TPSA) is 55.4 Å². The summed E-state index contributed by atoms with van der Waals surface area (Å²) in [6, 6.07) is 17.9. The molecule has 1 N–H and O–H groups in total. The van der Waals surface area contributed by atoms with Gasteiger partial charge in [-0.2, -0.15) is 0 Å². The Morgan fingerprint density at radius 1 is 0.962 bits per heavy atom. The van der Waals surface area contributed by atoms with E-state index in [0.717, 1.165) is 17.7 Å². The standard InChI is InChI=1S/C21H29NO3S/c1-21(2,3)19-11-13-20(14-12-19)25-16-15-22-26(23,24)17-7-10-18-8-5-4-6-9-18/h4-6,8-9,11-14,22H,7,10,15-17H2,1-3H3. The van der Waals surface area contributed by atoms with Crippen LogP contribution in [0.3, 0.4) is 0 Å². The van der Waals surface area contributed by atoms with Crippen molar-refractivity contribution in [2.75, 3.05) is 18.9 Å². The number of sulfonamides is 1. The highest BCUT2D eigenvalue weighted by molar-refractivity contribution is 7.89. The van der Waals surface area contributed by atoms with Crippen LogP contribution in [-0.4, -0.2) is 27.3 Å². The molecule has 26 heavy (non-hydrogen) atoms. The molecule has 142 valence electrons. The van der Waals surface area contributed by atoms with Crippen LogP contribution in [-0.2, 0) is 21.9 Å². The quantitative estimate of drug-likeness (QED) is 0.676. The predicted molar refractivity (Wildman–Crippen MR) is 107 cm³/mol. The molecule has 4 nitrogen and oxygen atoms in total. The molecule has 0 heterocycles. The Balaban J connectivity index is 1.68. The van der Waals surface area contributed by atoms with Gasteiger partial charge in [-0.25, -0.2) is 13.1 Å². The van der Waals surface area contributed by atoms with Crippen LogP contribution in [0.25, 0.3) is 0 Å². The fraction of sp³-hybridized carbons (Fsp3) is 0.429. The first-order chi connectivity index (χ1) is 12.3. The summed E-state index contributed by atoms with van der Waals surface area (Å²) in [4.78, 5) is 0. The highest BCUT2D eigenvalue weighted by Crippen LogP contribution is 2.24. The van der Waals surface area contributed by atoms with Crippen molar-refractivity contribution in [1.82, 2.24) is 4.72 Å². The van der Waals surface area contributed by atoms with Crippen molar-refractivity contribution in [2.24, 2.45) is 0 Å². The first-order valence-electron chi connectivity index (χ1n) is 9.01. The molecular weight excluding hydrogens is 346 g/mol. The Labute approximate surface area is 157 Å². The summed E-state index contributed by atoms with van der Waals surface area (Å²) < 4.78 is 32.3. The molecule has 0 amide bonds. The van der Waals surface area contributed by atoms with E-state index in [1.165, 1.54) is 5.56 Å². The Morgan fingerprint density at radius 2 is 1.62 bits per heavy atom. The van der Waals surface area contributed by atoms with Gasteiger partial charge in [0.1, 0.15) is 12.4 Å². The largest absolute Gasteiger partial charge is 0.492 e. The summed E-state index contributed by atoms with van der Waals surface area (Å²) in [6.07, 6.45) is 1.37. The van der Waals surface area contributed by atoms with Crippen LogP contribution in [0.1, 0.15) is 38.3 Å². The van der Waals surface area contributed by atoms with Crippen molar-refractivity contribution >= 4 is 10.0 Å². The molecule has 0 atom stereocenters. The molecule has 5 heteroatoms. The van der Waals surface area contributed by atoms with Crippen molar-refractivity contribution in [3.05, 3.63) is 65.7 Å². The van der Waals surface area contributed by atoms with Crippen molar-refractivity contribution < 1.29 is 13.2 Å². The summed E-state index contributed by atoms with van der Waals surface area (Å²) in [5.74, 6) is 0.878. The summed E-state index contributed by atoms with van der Waals surface area (Å²) in [5.41, 5.74) is 2.50. The van der Waals surface area contributed by atoms with Crippen LogP contribution < -0.4 is 9.46 Å². The van der Waals surface area contributed by atoms with Gasteiger partial charge in [-0.15, -0.1) is 0 Å². The molecule has 0 unspecified atom stereocenters. The minimum atomic E-state index is -3.26. The monoisotopic (exact) mass is 375 g/mol. The third-order valence-corrected chi connectivity index (χ3v) is 5.60. The summed E-state index contributed by atoms with van der Waals surface area (Å²) in [7, 11) is -3.26. The lowest BCUT2D eigenvalue weighted by Gasteiger charge is -2.19. The van der Waals surface area contributed by atoms with Gasteiger partial charge in [0.15, 0.2) is 0 Å². The van der Waals surface area contributed by atoms with Gasteiger partial charge >= 0.3 is 0 Å². The molecule has 0 aliphatic heterocycles. The van der Waals surface area contributed by atoms with E-state index >= 15 is 0 Å². The van der Waals surface area contributed by atoms with E-state index in [0.29, 0.717) is 13.0 Å². The van der Waals surface area contributed by atoms with Crippen LogP contribution in [0.4, 0.5) is 0 Å². The Hall–Kier alpha value is -1.85. The van der Waals surface area contributed by atoms with E-state index < -0.39 is 10.0 Å². The second kappa shape index (κ2) is 9.19. The summed E-state index contributed by atoms with van der Waals surface area (Å²) in [5, 5.41) is 0. The number of nitrogens with one attached hydrogen (secondary N) is 1. The van der Waals surface area contributed by atoms with E-state index in [1.807, 2.05) is 54.6 Å². The molecule has 0 spiro atoms. The average molecular weight is 376 g/mol. The van der Waals surface area contributed by atoms with Crippen molar-refractivity contribution in [3.8, 4) is 5.75 Å². The van der Waals surface area contributed by atoms with Crippen LogP contribution >= 0.6 is 0 Å². The molecule has 2 aromatic rings. The smallest absolute Gasteiger partial charge is 0.211 e. The van der Waals surface area contributed by atoms with E-state index in [2.05, 4.69) is 25.5 Å². The molecular formula is C21H29NO3S. The van der Waals surface area contributed by atoms with Gasteiger partial charge in [-0.3, -0.25) is 0 Å². The first kappa shape index (κ1) is 20.5. The molecule has 0 saturated carbocycles. The van der Waals surface area contributed by atoms with Gasteiger partial charge < -0.3 is 4.74 Å². The molecule has 2 rings (SSSR count). The van der Waals surface area contributed by atoms with E-state index in [-0.39, 0.29) is 17.7 Å². The van der Waals surface area contributed by atoms with Gasteiger partial charge in [-0.05, 0) is 41.5 Å². The average Bonchev–Trinajstić information content (AvgIpc) is 2.59. The maximum atomic E-state index is 12.0. The van der Waals surface area contributed by atoms with Crippen LogP contribution in [0, 0.1) is 0 Å². The third-order valence-electron chi connectivity index (χ3n) is 4.13. The first-order valence-corrected chi connectivity index (χ1v) is 10.7. The predicted octanol–water partition coefficient (Wildman–Crippen LogP) is 3.92. The lowest BCUT2D eigenvalue weighted by Crippen LogP contribution is -2.30. The minimum absolute atomic E-state index is 0.105. The zero-order valence-corrected chi connectivity index (χ0v) is 16.7. The second-order valence-corrected chi connectivity index (χ2v) is 9.35. The van der Waals surface area contributed by atoms with Gasteiger partial charge in [-0.1, -0.05) is 63.2 Å². The van der Waals surface area contributed by atoms with Crippen LogP contribution in [0.5, 0.6) is 5.75 Å². The number of aryl methyl sites for hydroxylation is 1. The maximum Gasteiger partial charge on any atom is 0.211 e. The number of rotatable bonds is 9. The lowest BCUT2D eigenvalue weighted by atomic mass is 9.87. The highest BCUT2D eigenvalue weighted by Gasteiger charge is 2.13. The third kappa shape index (κ3) is 7.18. The Morgan fingerprint density at radius 3 is 2.23 bits per heavy atom. The zero-order chi connectivity index (χ0) is 19.0. The lowest BCUT2D eigenvalue weighted by molar-refractivity contribution is 0.322. The molecule has 0 aliphatic rings. The Bertz CT molecular complexity index is 763. The molecule has 0 bridgehead atoms. The SMILES string of the molecule is CC(C)(C)c1ccc(OCCNS(=O)(=O)CCCc2ccccc2)cc1. The molecule has 0 fully saturated rings. The fourth-order valence-electron chi connectivity index (χ4n) is 2.60. The highest BCUT2D eigenvalue weighted by atomic mass is 32.2. The van der Waals surface area contributed by atoms with E-state index in [9.17, 15) is 8.42 Å². The van der Waals surface area contributed by atoms with Gasteiger partial charge in [0, 0.05) is 6.54 Å².